The predicted octanol–water partition coefficient (Wildman–Crippen LogP) is 3.00. The van der Waals surface area contributed by atoms with Crippen molar-refractivity contribution >= 4 is 40.5 Å². The molecule has 0 bridgehead atoms. The van der Waals surface area contributed by atoms with Crippen molar-refractivity contribution < 1.29 is 14.4 Å². The second-order valence-corrected chi connectivity index (χ2v) is 9.04. The highest BCUT2D eigenvalue weighted by Crippen LogP contribution is 2.39. The average molecular weight is 404 g/mol. The summed E-state index contributed by atoms with van der Waals surface area (Å²) in [5, 5.41) is 6.77. The maximum atomic E-state index is 13.1. The molecule has 2 aromatic heterocycles. The number of rotatable bonds is 4. The van der Waals surface area contributed by atoms with Crippen molar-refractivity contribution in [1.29, 1.82) is 0 Å². The van der Waals surface area contributed by atoms with Crippen LogP contribution in [-0.2, 0) is 16.0 Å². The van der Waals surface area contributed by atoms with Crippen LogP contribution in [0.4, 0.5) is 4.79 Å². The van der Waals surface area contributed by atoms with E-state index in [0.717, 1.165) is 21.8 Å². The number of amides is 4. The maximum absolute atomic E-state index is 13.1. The summed E-state index contributed by atoms with van der Waals surface area (Å²) in [6.45, 7) is 3.91. The summed E-state index contributed by atoms with van der Waals surface area (Å²) in [5.41, 5.74) is 0.227. The highest BCUT2D eigenvalue weighted by molar-refractivity contribution is 7.10. The summed E-state index contributed by atoms with van der Waals surface area (Å²) in [5.74, 6) is -0.529. The maximum Gasteiger partial charge on any atom is 0.325 e. The molecule has 2 aliphatic heterocycles. The van der Waals surface area contributed by atoms with Crippen LogP contribution < -0.4 is 5.32 Å². The third-order valence-corrected chi connectivity index (χ3v) is 7.37. The lowest BCUT2D eigenvalue weighted by atomic mass is 9.98. The minimum atomic E-state index is -0.924. The molecular weight excluding hydrogens is 382 g/mol. The van der Waals surface area contributed by atoms with Crippen molar-refractivity contribution in [1.82, 2.24) is 15.1 Å². The van der Waals surface area contributed by atoms with Crippen molar-refractivity contribution in [3.8, 4) is 0 Å². The van der Waals surface area contributed by atoms with E-state index in [9.17, 15) is 14.4 Å². The van der Waals surface area contributed by atoms with Crippen LogP contribution in [0, 0.1) is 0 Å². The van der Waals surface area contributed by atoms with E-state index < -0.39 is 11.6 Å². The number of carbonyl (C=O) groups excluding carboxylic acids is 3. The van der Waals surface area contributed by atoms with Crippen molar-refractivity contribution in [2.24, 2.45) is 0 Å². The second kappa shape index (κ2) is 6.76. The molecular formula is C19H21N3O3S2. The molecule has 0 spiro atoms. The number of carbonyl (C=O) groups is 3. The highest BCUT2D eigenvalue weighted by atomic mass is 32.1. The van der Waals surface area contributed by atoms with Crippen LogP contribution in [0.2, 0.25) is 0 Å². The van der Waals surface area contributed by atoms with Gasteiger partial charge in [-0.1, -0.05) is 13.0 Å². The molecule has 8 heteroatoms. The number of thiophene rings is 2. The Balaban J connectivity index is 1.60. The average Bonchev–Trinajstić information content (AvgIpc) is 3.38. The van der Waals surface area contributed by atoms with Crippen molar-refractivity contribution in [3.05, 3.63) is 44.3 Å². The fourth-order valence-corrected chi connectivity index (χ4v) is 5.45. The van der Waals surface area contributed by atoms with Gasteiger partial charge in [-0.2, -0.15) is 0 Å². The Labute approximate surface area is 165 Å². The molecule has 0 radical (unpaired) electrons. The Hall–Kier alpha value is -2.19. The Morgan fingerprint density at radius 1 is 1.30 bits per heavy atom. The molecule has 0 aliphatic carbocycles. The topological polar surface area (TPSA) is 69.7 Å². The highest BCUT2D eigenvalue weighted by Gasteiger charge is 2.47. The van der Waals surface area contributed by atoms with Crippen LogP contribution in [0.5, 0.6) is 0 Å². The molecule has 0 saturated carbocycles. The number of hydrogen-bond donors (Lipinski definition) is 1. The Morgan fingerprint density at radius 2 is 2.11 bits per heavy atom. The zero-order valence-electron chi connectivity index (χ0n) is 15.2. The van der Waals surface area contributed by atoms with Gasteiger partial charge in [-0.05, 0) is 48.2 Å². The monoisotopic (exact) mass is 403 g/mol. The molecule has 4 heterocycles. The van der Waals surface area contributed by atoms with Crippen LogP contribution in [-0.4, -0.2) is 46.3 Å². The molecule has 1 fully saturated rings. The standard InChI is InChI=1S/C19H21N3O3S2/c1-3-19(2)17(24)22(18(25)20-19)11-15(23)21-8-6-13-12(7-10-27-13)16(21)14-5-4-9-26-14/h4-5,7,9-10,16H,3,6,8,11H2,1-2H3,(H,20,25)/t16-,19-/m0/s1. The molecule has 4 amide bonds. The second-order valence-electron chi connectivity index (χ2n) is 7.06. The van der Waals surface area contributed by atoms with Gasteiger partial charge in [-0.3, -0.25) is 14.5 Å². The van der Waals surface area contributed by atoms with E-state index in [0.29, 0.717) is 13.0 Å². The van der Waals surface area contributed by atoms with Gasteiger partial charge in [-0.25, -0.2) is 4.79 Å². The lowest BCUT2D eigenvalue weighted by Gasteiger charge is -2.36. The summed E-state index contributed by atoms with van der Waals surface area (Å²) in [6, 6.07) is 5.45. The Bertz CT molecular complexity index is 892. The van der Waals surface area contributed by atoms with Gasteiger partial charge < -0.3 is 10.2 Å². The van der Waals surface area contributed by atoms with E-state index >= 15 is 0 Å². The molecule has 0 unspecified atom stereocenters. The smallest absolute Gasteiger partial charge is 0.325 e. The minimum absolute atomic E-state index is 0.147. The van der Waals surface area contributed by atoms with Crippen LogP contribution in [0.1, 0.15) is 41.6 Å². The van der Waals surface area contributed by atoms with E-state index in [1.807, 2.05) is 29.3 Å². The van der Waals surface area contributed by atoms with Crippen LogP contribution in [0.15, 0.2) is 29.0 Å². The lowest BCUT2D eigenvalue weighted by Crippen LogP contribution is -2.47. The number of nitrogens with one attached hydrogen (secondary N) is 1. The molecule has 4 rings (SSSR count). The third kappa shape index (κ3) is 2.96. The van der Waals surface area contributed by atoms with Crippen LogP contribution >= 0.6 is 22.7 Å². The first-order chi connectivity index (χ1) is 12.9. The number of hydrogen-bond acceptors (Lipinski definition) is 5. The molecule has 2 aromatic rings. The number of fused-ring (bicyclic) bond motifs is 1. The van der Waals surface area contributed by atoms with E-state index in [2.05, 4.69) is 16.8 Å². The third-order valence-electron chi connectivity index (χ3n) is 5.44. The lowest BCUT2D eigenvalue weighted by molar-refractivity contribution is -0.140. The molecule has 2 aliphatic rings. The summed E-state index contributed by atoms with van der Waals surface area (Å²) >= 11 is 3.33. The van der Waals surface area contributed by atoms with Crippen molar-refractivity contribution in [2.75, 3.05) is 13.1 Å². The van der Waals surface area contributed by atoms with Crippen molar-refractivity contribution in [2.45, 2.75) is 38.3 Å². The van der Waals surface area contributed by atoms with Crippen LogP contribution in [0.3, 0.4) is 0 Å². The van der Waals surface area contributed by atoms with Gasteiger partial charge in [0.15, 0.2) is 0 Å². The number of imide groups is 1. The van der Waals surface area contributed by atoms with Gasteiger partial charge in [0.1, 0.15) is 12.1 Å². The van der Waals surface area contributed by atoms with Gasteiger partial charge >= 0.3 is 6.03 Å². The molecule has 1 saturated heterocycles. The SMILES string of the molecule is CC[C@]1(C)NC(=O)N(CC(=O)N2CCc3sccc3[C@H]2c2cccs2)C1=O. The summed E-state index contributed by atoms with van der Waals surface area (Å²) in [4.78, 5) is 43.3. The van der Waals surface area contributed by atoms with Gasteiger partial charge in [0, 0.05) is 16.3 Å². The first-order valence-corrected chi connectivity index (χ1v) is 10.7. The Morgan fingerprint density at radius 3 is 2.78 bits per heavy atom. The summed E-state index contributed by atoms with van der Waals surface area (Å²) in [7, 11) is 0. The predicted molar refractivity (Wildman–Crippen MR) is 105 cm³/mol. The van der Waals surface area contributed by atoms with E-state index in [1.165, 1.54) is 4.88 Å². The van der Waals surface area contributed by atoms with Crippen LogP contribution in [0.25, 0.3) is 0 Å². The van der Waals surface area contributed by atoms with Crippen molar-refractivity contribution in [3.63, 3.8) is 0 Å². The van der Waals surface area contributed by atoms with Gasteiger partial charge in [0.2, 0.25) is 5.91 Å². The number of urea groups is 1. The Kier molecular flexibility index (Phi) is 4.55. The summed E-state index contributed by atoms with van der Waals surface area (Å²) in [6.07, 6.45) is 1.29. The zero-order valence-corrected chi connectivity index (χ0v) is 16.9. The van der Waals surface area contributed by atoms with E-state index in [4.69, 9.17) is 0 Å². The molecule has 6 nitrogen and oxygen atoms in total. The largest absolute Gasteiger partial charge is 0.329 e. The normalized spacial score (nSPS) is 24.9. The van der Waals surface area contributed by atoms with Gasteiger partial charge in [-0.15, -0.1) is 22.7 Å². The first kappa shape index (κ1) is 18.2. The van der Waals surface area contributed by atoms with E-state index in [-0.39, 0.29) is 24.4 Å². The minimum Gasteiger partial charge on any atom is -0.329 e. The molecule has 0 aromatic carbocycles. The van der Waals surface area contributed by atoms with Gasteiger partial charge in [0.05, 0.1) is 6.04 Å². The fraction of sp³-hybridized carbons (Fsp3) is 0.421. The fourth-order valence-electron chi connectivity index (χ4n) is 3.70. The quantitative estimate of drug-likeness (QED) is 0.798. The van der Waals surface area contributed by atoms with E-state index in [1.54, 1.807) is 29.6 Å². The van der Waals surface area contributed by atoms with Gasteiger partial charge in [0.25, 0.3) is 5.91 Å². The molecule has 142 valence electrons. The number of nitrogens with zero attached hydrogens (tertiary/aromatic N) is 2. The first-order valence-electron chi connectivity index (χ1n) is 8.98. The summed E-state index contributed by atoms with van der Waals surface area (Å²) < 4.78 is 0. The molecule has 2 atom stereocenters. The molecule has 1 N–H and O–H groups in total. The molecule has 27 heavy (non-hydrogen) atoms. The zero-order chi connectivity index (χ0) is 19.2.